The molecule has 1 amide bonds. The van der Waals surface area contributed by atoms with E-state index in [0.29, 0.717) is 16.1 Å². The monoisotopic (exact) mass is 376 g/mol. The average molecular weight is 376 g/mol. The third kappa shape index (κ3) is 2.84. The van der Waals surface area contributed by atoms with Crippen LogP contribution < -0.4 is 4.90 Å². The normalized spacial score (nSPS) is 16.9. The van der Waals surface area contributed by atoms with Crippen LogP contribution in [-0.2, 0) is 4.79 Å². The van der Waals surface area contributed by atoms with Gasteiger partial charge in [-0.2, -0.15) is 0 Å². The zero-order valence-corrected chi connectivity index (χ0v) is 15.3. The van der Waals surface area contributed by atoms with E-state index in [0.717, 1.165) is 5.56 Å². The molecule has 0 radical (unpaired) electrons. The summed E-state index contributed by atoms with van der Waals surface area (Å²) in [6.07, 6.45) is 3.24. The molecule has 2 aromatic heterocycles. The molecule has 27 heavy (non-hydrogen) atoms. The van der Waals surface area contributed by atoms with Crippen molar-refractivity contribution in [3.63, 3.8) is 0 Å². The lowest BCUT2D eigenvalue weighted by Crippen LogP contribution is -2.31. The van der Waals surface area contributed by atoms with E-state index < -0.39 is 17.7 Å². The number of ketones is 1. The number of nitrogens with zero attached hydrogens (tertiary/aromatic N) is 2. The number of hydrogen-bond donors (Lipinski definition) is 1. The van der Waals surface area contributed by atoms with E-state index in [9.17, 15) is 14.7 Å². The van der Waals surface area contributed by atoms with Crippen LogP contribution in [0.3, 0.4) is 0 Å². The van der Waals surface area contributed by atoms with Gasteiger partial charge in [-0.3, -0.25) is 19.5 Å². The lowest BCUT2D eigenvalue weighted by molar-refractivity contribution is -0.117. The van der Waals surface area contributed by atoms with Crippen molar-refractivity contribution in [3.05, 3.63) is 93.6 Å². The maximum Gasteiger partial charge on any atom is 0.294 e. The summed E-state index contributed by atoms with van der Waals surface area (Å²) in [5, 5.41) is 12.4. The molecular formula is C21H16N2O3S. The summed E-state index contributed by atoms with van der Waals surface area (Å²) in [6, 6.07) is 13.7. The number of aromatic nitrogens is 1. The summed E-state index contributed by atoms with van der Waals surface area (Å²) in [6.45, 7) is 1.89. The van der Waals surface area contributed by atoms with Crippen molar-refractivity contribution < 1.29 is 14.7 Å². The van der Waals surface area contributed by atoms with E-state index in [1.165, 1.54) is 16.2 Å². The molecule has 1 unspecified atom stereocenters. The van der Waals surface area contributed by atoms with Crippen LogP contribution in [0.5, 0.6) is 0 Å². The number of anilines is 1. The van der Waals surface area contributed by atoms with Gasteiger partial charge >= 0.3 is 0 Å². The van der Waals surface area contributed by atoms with Crippen molar-refractivity contribution in [3.8, 4) is 0 Å². The molecule has 1 aliphatic rings. The molecule has 4 rings (SSSR count). The largest absolute Gasteiger partial charge is 0.503 e. The standard InChI is InChI=1S/C21H16N2O3S/c1-13-6-2-3-8-15(13)23-18(14-7-4-10-22-12-14)17(20(25)21(23)26)19(24)16-9-5-11-27-16/h2-12,18,25H,1H3. The van der Waals surface area contributed by atoms with Gasteiger partial charge < -0.3 is 5.11 Å². The van der Waals surface area contributed by atoms with Crippen LogP contribution in [0, 0.1) is 6.92 Å². The molecule has 0 saturated carbocycles. The molecule has 1 aliphatic heterocycles. The number of aryl methyl sites for hydroxylation is 1. The molecule has 0 spiro atoms. The van der Waals surface area contributed by atoms with Crippen molar-refractivity contribution in [2.75, 3.05) is 4.90 Å². The first kappa shape index (κ1) is 17.2. The van der Waals surface area contributed by atoms with Gasteiger partial charge in [-0.1, -0.05) is 30.3 Å². The van der Waals surface area contributed by atoms with E-state index in [4.69, 9.17) is 0 Å². The van der Waals surface area contributed by atoms with Gasteiger partial charge in [-0.15, -0.1) is 11.3 Å². The highest BCUT2D eigenvalue weighted by atomic mass is 32.1. The van der Waals surface area contributed by atoms with Gasteiger partial charge in [0.05, 0.1) is 16.5 Å². The summed E-state index contributed by atoms with van der Waals surface area (Å²) >= 11 is 1.28. The number of amides is 1. The number of carbonyl (C=O) groups is 2. The Bertz CT molecular complexity index is 1040. The van der Waals surface area contributed by atoms with Gasteiger partial charge in [-0.25, -0.2) is 0 Å². The minimum Gasteiger partial charge on any atom is -0.503 e. The van der Waals surface area contributed by atoms with Crippen LogP contribution in [0.25, 0.3) is 0 Å². The van der Waals surface area contributed by atoms with E-state index in [1.807, 2.05) is 31.2 Å². The first-order valence-corrected chi connectivity index (χ1v) is 9.28. The topological polar surface area (TPSA) is 70.5 Å². The molecular weight excluding hydrogens is 360 g/mol. The van der Waals surface area contributed by atoms with Gasteiger partial charge in [0.1, 0.15) is 0 Å². The number of rotatable bonds is 4. The van der Waals surface area contributed by atoms with Crippen molar-refractivity contribution >= 4 is 28.7 Å². The van der Waals surface area contributed by atoms with Crippen LogP contribution in [0.4, 0.5) is 5.69 Å². The van der Waals surface area contributed by atoms with E-state index in [1.54, 1.807) is 42.0 Å². The summed E-state index contributed by atoms with van der Waals surface area (Å²) in [5.41, 5.74) is 2.27. The highest BCUT2D eigenvalue weighted by molar-refractivity contribution is 7.12. The first-order chi connectivity index (χ1) is 13.1. The summed E-state index contributed by atoms with van der Waals surface area (Å²) in [7, 11) is 0. The lowest BCUT2D eigenvalue weighted by atomic mass is 9.96. The average Bonchev–Trinajstić information content (AvgIpc) is 3.31. The van der Waals surface area contributed by atoms with Gasteiger partial charge in [0.25, 0.3) is 5.91 Å². The Balaban J connectivity index is 1.91. The third-order valence-electron chi connectivity index (χ3n) is 4.57. The minimum atomic E-state index is -0.734. The van der Waals surface area contributed by atoms with Crippen LogP contribution in [0.15, 0.2) is 77.6 Å². The highest BCUT2D eigenvalue weighted by Gasteiger charge is 2.45. The van der Waals surface area contributed by atoms with Gasteiger partial charge in [-0.05, 0) is 41.6 Å². The molecule has 0 bridgehead atoms. The molecule has 3 aromatic rings. The zero-order chi connectivity index (χ0) is 19.0. The molecule has 0 aliphatic carbocycles. The fourth-order valence-electron chi connectivity index (χ4n) is 3.31. The fraction of sp³-hybridized carbons (Fsp3) is 0.0952. The fourth-order valence-corrected chi connectivity index (χ4v) is 3.99. The maximum atomic E-state index is 13.1. The van der Waals surface area contributed by atoms with E-state index in [-0.39, 0.29) is 11.4 Å². The Kier molecular flexibility index (Phi) is 4.33. The number of aliphatic hydroxyl groups excluding tert-OH is 1. The predicted molar refractivity (Wildman–Crippen MR) is 104 cm³/mol. The second-order valence-electron chi connectivity index (χ2n) is 6.22. The molecule has 0 saturated heterocycles. The van der Waals surface area contributed by atoms with Crippen LogP contribution in [0.1, 0.15) is 26.8 Å². The highest BCUT2D eigenvalue weighted by Crippen LogP contribution is 2.42. The molecule has 1 atom stereocenters. The Morgan fingerprint density at radius 3 is 2.63 bits per heavy atom. The molecule has 1 N–H and O–H groups in total. The van der Waals surface area contributed by atoms with Crippen molar-refractivity contribution in [1.82, 2.24) is 4.98 Å². The smallest absolute Gasteiger partial charge is 0.294 e. The predicted octanol–water partition coefficient (Wildman–Crippen LogP) is 4.23. The zero-order valence-electron chi connectivity index (χ0n) is 14.5. The lowest BCUT2D eigenvalue weighted by Gasteiger charge is -2.27. The summed E-state index contributed by atoms with van der Waals surface area (Å²) in [5.74, 6) is -1.44. The van der Waals surface area contributed by atoms with Crippen LogP contribution in [-0.4, -0.2) is 21.8 Å². The first-order valence-electron chi connectivity index (χ1n) is 8.40. The molecule has 6 heteroatoms. The van der Waals surface area contributed by atoms with Crippen LogP contribution in [0.2, 0.25) is 0 Å². The van der Waals surface area contributed by atoms with Gasteiger partial charge in [0, 0.05) is 18.1 Å². The molecule has 1 aromatic carbocycles. The summed E-state index contributed by atoms with van der Waals surface area (Å²) in [4.78, 5) is 32.2. The second-order valence-corrected chi connectivity index (χ2v) is 7.17. The molecule has 5 nitrogen and oxygen atoms in total. The Morgan fingerprint density at radius 1 is 1.15 bits per heavy atom. The Morgan fingerprint density at radius 2 is 1.96 bits per heavy atom. The number of hydrogen-bond acceptors (Lipinski definition) is 5. The number of para-hydroxylation sites is 1. The second kappa shape index (κ2) is 6.81. The quantitative estimate of drug-likeness (QED) is 0.692. The van der Waals surface area contributed by atoms with Gasteiger partial charge in [0.15, 0.2) is 5.76 Å². The Hall–Kier alpha value is -3.25. The van der Waals surface area contributed by atoms with Crippen LogP contribution >= 0.6 is 11.3 Å². The Labute approximate surface area is 160 Å². The molecule has 0 fully saturated rings. The molecule has 134 valence electrons. The van der Waals surface area contributed by atoms with Crippen molar-refractivity contribution in [2.45, 2.75) is 13.0 Å². The van der Waals surface area contributed by atoms with Crippen molar-refractivity contribution in [2.24, 2.45) is 0 Å². The van der Waals surface area contributed by atoms with E-state index in [2.05, 4.69) is 4.98 Å². The number of carbonyl (C=O) groups excluding carboxylic acids is 2. The van der Waals surface area contributed by atoms with E-state index >= 15 is 0 Å². The maximum absolute atomic E-state index is 13.1. The number of aliphatic hydroxyl groups is 1. The third-order valence-corrected chi connectivity index (χ3v) is 5.44. The van der Waals surface area contributed by atoms with Gasteiger partial charge in [0.2, 0.25) is 5.78 Å². The minimum absolute atomic E-state index is 0.0821. The number of thiophene rings is 1. The number of pyridine rings is 1. The SMILES string of the molecule is Cc1ccccc1N1C(=O)C(O)=C(C(=O)c2cccs2)C1c1cccnc1. The summed E-state index contributed by atoms with van der Waals surface area (Å²) < 4.78 is 0. The number of benzene rings is 1. The molecule has 3 heterocycles. The van der Waals surface area contributed by atoms with Crippen molar-refractivity contribution in [1.29, 1.82) is 0 Å². The number of Topliss-reactive ketones (excluding diaryl/α,β-unsaturated/α-hetero) is 1.